The Bertz CT molecular complexity index is 2340. The largest absolute Gasteiger partial charge is 0.453 e. The van der Waals surface area contributed by atoms with Crippen LogP contribution in [0.25, 0.3) is 21.6 Å². The van der Waals surface area contributed by atoms with Crippen LogP contribution in [-0.2, 0) is 10.8 Å². The summed E-state index contributed by atoms with van der Waals surface area (Å²) in [7, 11) is 0. The van der Waals surface area contributed by atoms with Crippen LogP contribution in [0.15, 0.2) is 91.0 Å². The molecule has 1 amide bonds. The normalized spacial score (nSPS) is 11.5. The summed E-state index contributed by atoms with van der Waals surface area (Å²) in [4.78, 5) is 22.6. The molecule has 10 heteroatoms. The molecule has 0 spiro atoms. The van der Waals surface area contributed by atoms with Crippen molar-refractivity contribution in [1.82, 2.24) is 9.97 Å². The fraction of sp³-hybridized carbons (Fsp3) is 0.195. The number of thiophene rings is 1. The number of aromatic nitrogens is 2. The molecule has 0 atom stereocenters. The number of nitriles is 2. The molecule has 2 aromatic heterocycles. The van der Waals surface area contributed by atoms with Crippen molar-refractivity contribution in [3.05, 3.63) is 119 Å². The van der Waals surface area contributed by atoms with Crippen LogP contribution in [0.2, 0.25) is 0 Å². The number of carbonyl (C=O) groups excluding carboxylic acids is 1. The van der Waals surface area contributed by atoms with Crippen LogP contribution >= 0.6 is 11.3 Å². The molecule has 51 heavy (non-hydrogen) atoms. The maximum absolute atomic E-state index is 13.0. The minimum atomic E-state index is -0.377. The van der Waals surface area contributed by atoms with Crippen LogP contribution in [0.1, 0.15) is 74.2 Å². The van der Waals surface area contributed by atoms with Crippen LogP contribution in [0.3, 0.4) is 0 Å². The lowest BCUT2D eigenvalue weighted by Crippen LogP contribution is -2.11. The highest BCUT2D eigenvalue weighted by atomic mass is 32.1. The summed E-state index contributed by atoms with van der Waals surface area (Å²) in [5.74, 6) is 1.60. The third kappa shape index (κ3) is 7.37. The van der Waals surface area contributed by atoms with Gasteiger partial charge in [0, 0.05) is 17.2 Å². The molecule has 0 saturated heterocycles. The first-order valence-electron chi connectivity index (χ1n) is 16.3. The van der Waals surface area contributed by atoms with Gasteiger partial charge in [-0.1, -0.05) is 95.3 Å². The van der Waals surface area contributed by atoms with E-state index in [4.69, 9.17) is 20.2 Å². The summed E-state index contributed by atoms with van der Waals surface area (Å²) in [6.45, 7) is 12.8. The van der Waals surface area contributed by atoms with Crippen LogP contribution < -0.4 is 20.5 Å². The van der Waals surface area contributed by atoms with E-state index in [1.165, 1.54) is 0 Å². The number of nitrogens with zero attached hydrogens (tertiary/aromatic N) is 4. The molecule has 0 aliphatic carbocycles. The van der Waals surface area contributed by atoms with E-state index < -0.39 is 0 Å². The van der Waals surface area contributed by atoms with Crippen molar-refractivity contribution in [1.29, 1.82) is 10.5 Å². The topological polar surface area (TPSA) is 147 Å². The van der Waals surface area contributed by atoms with Crippen LogP contribution in [0, 0.1) is 22.7 Å². The Hall–Kier alpha value is -6.23. The number of nitrogens with two attached hydrogens (primary N) is 1. The maximum atomic E-state index is 13.0. The number of rotatable bonds is 7. The third-order valence-corrected chi connectivity index (χ3v) is 9.30. The molecular weight excluding hydrogens is 657 g/mol. The highest BCUT2D eigenvalue weighted by Crippen LogP contribution is 2.43. The predicted octanol–water partition coefficient (Wildman–Crippen LogP) is 10.1. The van der Waals surface area contributed by atoms with E-state index in [-0.39, 0.29) is 39.5 Å². The summed E-state index contributed by atoms with van der Waals surface area (Å²) in [5, 5.41) is 23.8. The summed E-state index contributed by atoms with van der Waals surface area (Å²) in [6, 6.07) is 31.9. The number of nitrogen functional groups attached to an aromatic ring is 1. The molecule has 0 unspecified atom stereocenters. The number of ether oxygens (including phenoxy) is 2. The van der Waals surface area contributed by atoms with Gasteiger partial charge in [0.15, 0.2) is 17.3 Å². The lowest BCUT2D eigenvalue weighted by molar-refractivity contribution is 0.102. The highest BCUT2D eigenvalue weighted by Gasteiger charge is 2.24. The Balaban J connectivity index is 1.44. The lowest BCUT2D eigenvalue weighted by atomic mass is 9.87. The maximum Gasteiger partial charge on any atom is 0.256 e. The smallest absolute Gasteiger partial charge is 0.256 e. The first kappa shape index (κ1) is 34.6. The van der Waals surface area contributed by atoms with Crippen molar-refractivity contribution < 1.29 is 14.3 Å². The first-order chi connectivity index (χ1) is 24.2. The number of hydrogen-bond donors (Lipinski definition) is 2. The average Bonchev–Trinajstić information content (AvgIpc) is 3.46. The highest BCUT2D eigenvalue weighted by molar-refractivity contribution is 7.23. The van der Waals surface area contributed by atoms with Crippen molar-refractivity contribution in [2.24, 2.45) is 0 Å². The first-order valence-corrected chi connectivity index (χ1v) is 17.1. The summed E-state index contributed by atoms with van der Waals surface area (Å²) in [6.07, 6.45) is 0. The Labute approximate surface area is 300 Å². The summed E-state index contributed by atoms with van der Waals surface area (Å²) in [5.41, 5.74) is 9.85. The van der Waals surface area contributed by atoms with Gasteiger partial charge >= 0.3 is 0 Å². The number of fused-ring (bicyclic) bond motifs is 1. The quantitative estimate of drug-likeness (QED) is 0.168. The summed E-state index contributed by atoms with van der Waals surface area (Å²) >= 11 is 1.10. The standard InChI is InChI=1S/C41H36N6O3S/c1-40(2,3)26-12-16-28(17-13-26)49-32-20-25(22-42)30(21-33(32)50-29-18-14-27(15-19-29)41(4,5)6)36-45-35(44)34-31(23-43)38(51-39(34)46-36)47-37(48)24-10-8-7-9-11-24/h7-21H,1-6H3,(H,47,48)(H2,44,45,46). The average molecular weight is 693 g/mol. The van der Waals surface area contributed by atoms with Gasteiger partial charge in [-0.25, -0.2) is 9.97 Å². The Kier molecular flexibility index (Phi) is 9.22. The molecule has 3 N–H and O–H groups in total. The van der Waals surface area contributed by atoms with Gasteiger partial charge in [0.1, 0.15) is 39.3 Å². The lowest BCUT2D eigenvalue weighted by Gasteiger charge is -2.20. The van der Waals surface area contributed by atoms with E-state index in [0.717, 1.165) is 22.5 Å². The van der Waals surface area contributed by atoms with E-state index in [0.29, 0.717) is 49.3 Å². The van der Waals surface area contributed by atoms with E-state index in [9.17, 15) is 15.3 Å². The number of anilines is 2. The van der Waals surface area contributed by atoms with E-state index in [1.807, 2.05) is 54.6 Å². The number of amides is 1. The van der Waals surface area contributed by atoms with Crippen LogP contribution in [0.5, 0.6) is 23.0 Å². The zero-order valence-corrected chi connectivity index (χ0v) is 30.0. The second-order valence-corrected chi connectivity index (χ2v) is 15.1. The second kappa shape index (κ2) is 13.6. The van der Waals surface area contributed by atoms with Gasteiger partial charge in [-0.15, -0.1) is 0 Å². The van der Waals surface area contributed by atoms with Gasteiger partial charge in [0.2, 0.25) is 0 Å². The SMILES string of the molecule is CC(C)(C)c1ccc(Oc2cc(C#N)c(-c3nc(N)c4c(C#N)c(NC(=O)c5ccccc5)sc4n3)cc2Oc2ccc(C(C)(C)C)cc2)cc1. The van der Waals surface area contributed by atoms with Crippen molar-refractivity contribution >= 4 is 38.3 Å². The van der Waals surface area contributed by atoms with Crippen LogP contribution in [0.4, 0.5) is 10.8 Å². The number of hydrogen-bond acceptors (Lipinski definition) is 9. The van der Waals surface area contributed by atoms with Crippen molar-refractivity contribution in [3.63, 3.8) is 0 Å². The molecule has 9 nitrogen and oxygen atoms in total. The Morgan fingerprint density at radius 2 is 1.31 bits per heavy atom. The molecule has 6 aromatic rings. The molecule has 0 fully saturated rings. The third-order valence-electron chi connectivity index (χ3n) is 8.30. The van der Waals surface area contributed by atoms with Crippen molar-refractivity contribution in [3.8, 4) is 46.5 Å². The molecule has 4 aromatic carbocycles. The van der Waals surface area contributed by atoms with Gasteiger partial charge < -0.3 is 20.5 Å². The zero-order valence-electron chi connectivity index (χ0n) is 29.2. The second-order valence-electron chi connectivity index (χ2n) is 14.1. The fourth-order valence-corrected chi connectivity index (χ4v) is 6.43. The number of benzene rings is 4. The monoisotopic (exact) mass is 692 g/mol. The molecule has 0 aliphatic rings. The Morgan fingerprint density at radius 1 is 0.765 bits per heavy atom. The minimum absolute atomic E-state index is 0.0323. The Morgan fingerprint density at radius 3 is 1.82 bits per heavy atom. The van der Waals surface area contributed by atoms with Gasteiger partial charge in [0.25, 0.3) is 5.91 Å². The molecular formula is C41H36N6O3S. The predicted molar refractivity (Wildman–Crippen MR) is 202 cm³/mol. The van der Waals surface area contributed by atoms with Crippen molar-refractivity contribution in [2.45, 2.75) is 52.4 Å². The molecule has 254 valence electrons. The van der Waals surface area contributed by atoms with E-state index >= 15 is 0 Å². The van der Waals surface area contributed by atoms with Gasteiger partial charge in [-0.3, -0.25) is 4.79 Å². The molecule has 0 aliphatic heterocycles. The van der Waals surface area contributed by atoms with Crippen LogP contribution in [-0.4, -0.2) is 15.9 Å². The number of nitrogens with one attached hydrogen (secondary N) is 1. The molecule has 0 bridgehead atoms. The fourth-order valence-electron chi connectivity index (χ4n) is 5.40. The van der Waals surface area contributed by atoms with Gasteiger partial charge in [0.05, 0.1) is 16.5 Å². The molecule has 0 saturated carbocycles. The molecule has 2 heterocycles. The van der Waals surface area contributed by atoms with Crippen molar-refractivity contribution in [2.75, 3.05) is 11.1 Å². The van der Waals surface area contributed by atoms with E-state index in [1.54, 1.807) is 36.4 Å². The molecule has 6 rings (SSSR count). The van der Waals surface area contributed by atoms with Gasteiger partial charge in [-0.2, -0.15) is 10.5 Å². The van der Waals surface area contributed by atoms with E-state index in [2.05, 4.69) is 64.0 Å². The van der Waals surface area contributed by atoms with Gasteiger partial charge in [-0.05, 0) is 64.4 Å². The molecule has 0 radical (unpaired) electrons. The zero-order chi connectivity index (χ0) is 36.5. The summed E-state index contributed by atoms with van der Waals surface area (Å²) < 4.78 is 12.8. The number of carbonyl (C=O) groups is 1. The minimum Gasteiger partial charge on any atom is -0.453 e.